The summed E-state index contributed by atoms with van der Waals surface area (Å²) >= 11 is 2.91. The first-order valence-electron chi connectivity index (χ1n) is 9.13. The lowest BCUT2D eigenvalue weighted by atomic mass is 10.00. The van der Waals surface area contributed by atoms with Crippen molar-refractivity contribution in [3.05, 3.63) is 36.4 Å². The molecule has 9 heteroatoms. The van der Waals surface area contributed by atoms with Gasteiger partial charge in [0.15, 0.2) is 10.8 Å². The number of benzene rings is 1. The Labute approximate surface area is 170 Å². The number of amides is 1. The fourth-order valence-electron chi connectivity index (χ4n) is 3.06. The van der Waals surface area contributed by atoms with Gasteiger partial charge in [0.1, 0.15) is 21.9 Å². The smallest absolute Gasteiger partial charge is 0.234 e. The maximum atomic E-state index is 13.2. The predicted molar refractivity (Wildman–Crippen MR) is 112 cm³/mol. The summed E-state index contributed by atoms with van der Waals surface area (Å²) in [6.07, 6.45) is 3.82. The van der Waals surface area contributed by atoms with Gasteiger partial charge in [-0.15, -0.1) is 0 Å². The van der Waals surface area contributed by atoms with Gasteiger partial charge in [-0.3, -0.25) is 4.79 Å². The molecule has 0 aliphatic carbocycles. The van der Waals surface area contributed by atoms with Crippen LogP contribution in [0.5, 0.6) is 0 Å². The number of piperidine rings is 1. The van der Waals surface area contributed by atoms with Gasteiger partial charge in [-0.05, 0) is 37.0 Å². The van der Waals surface area contributed by atoms with Crippen molar-refractivity contribution in [3.8, 4) is 0 Å². The SMILES string of the molecule is CC1CCN(c2nc3ncnc(SCC(=O)Nc4cccc(F)c4)c3s2)CC1. The average molecular weight is 418 g/mol. The molecule has 0 bridgehead atoms. The molecule has 1 N–H and O–H groups in total. The number of rotatable bonds is 5. The number of fused-ring (bicyclic) bond motifs is 1. The maximum absolute atomic E-state index is 13.2. The second-order valence-corrected chi connectivity index (χ2v) is 8.79. The van der Waals surface area contributed by atoms with E-state index in [1.54, 1.807) is 23.5 Å². The van der Waals surface area contributed by atoms with Crippen molar-refractivity contribution in [2.75, 3.05) is 29.1 Å². The van der Waals surface area contributed by atoms with Crippen LogP contribution in [-0.4, -0.2) is 39.7 Å². The molecule has 0 spiro atoms. The summed E-state index contributed by atoms with van der Waals surface area (Å²) in [4.78, 5) is 27.8. The van der Waals surface area contributed by atoms with Crippen LogP contribution in [0, 0.1) is 11.7 Å². The van der Waals surface area contributed by atoms with E-state index in [1.165, 1.54) is 43.1 Å². The van der Waals surface area contributed by atoms with E-state index in [4.69, 9.17) is 0 Å². The second-order valence-electron chi connectivity index (χ2n) is 6.84. The molecule has 0 unspecified atom stereocenters. The highest BCUT2D eigenvalue weighted by atomic mass is 32.2. The molecule has 0 atom stereocenters. The van der Waals surface area contributed by atoms with Crippen molar-refractivity contribution < 1.29 is 9.18 Å². The largest absolute Gasteiger partial charge is 0.348 e. The second kappa shape index (κ2) is 8.40. The molecule has 3 heterocycles. The van der Waals surface area contributed by atoms with Gasteiger partial charge in [0.25, 0.3) is 0 Å². The van der Waals surface area contributed by atoms with E-state index in [0.717, 1.165) is 33.9 Å². The van der Waals surface area contributed by atoms with Crippen LogP contribution in [0.4, 0.5) is 15.2 Å². The third kappa shape index (κ3) is 4.41. The van der Waals surface area contributed by atoms with Gasteiger partial charge in [-0.1, -0.05) is 36.1 Å². The Balaban J connectivity index is 1.44. The zero-order valence-electron chi connectivity index (χ0n) is 15.4. The van der Waals surface area contributed by atoms with Gasteiger partial charge in [0.2, 0.25) is 5.91 Å². The van der Waals surface area contributed by atoms with E-state index in [2.05, 4.69) is 32.1 Å². The van der Waals surface area contributed by atoms with E-state index in [1.807, 2.05) is 0 Å². The number of nitrogens with zero attached hydrogens (tertiary/aromatic N) is 4. The van der Waals surface area contributed by atoms with Gasteiger partial charge in [0, 0.05) is 18.8 Å². The summed E-state index contributed by atoms with van der Waals surface area (Å²) in [6, 6.07) is 5.85. The van der Waals surface area contributed by atoms with Gasteiger partial charge >= 0.3 is 0 Å². The minimum absolute atomic E-state index is 0.178. The highest BCUT2D eigenvalue weighted by molar-refractivity contribution is 8.00. The molecule has 28 heavy (non-hydrogen) atoms. The van der Waals surface area contributed by atoms with Crippen LogP contribution in [-0.2, 0) is 4.79 Å². The highest BCUT2D eigenvalue weighted by Gasteiger charge is 2.20. The summed E-state index contributed by atoms with van der Waals surface area (Å²) in [5.41, 5.74) is 1.11. The summed E-state index contributed by atoms with van der Waals surface area (Å²) in [6.45, 7) is 4.30. The molecule has 6 nitrogen and oxygen atoms in total. The molecule has 0 saturated carbocycles. The Morgan fingerprint density at radius 1 is 1.36 bits per heavy atom. The number of carbonyl (C=O) groups is 1. The number of hydrogen-bond acceptors (Lipinski definition) is 7. The molecule has 1 fully saturated rings. The van der Waals surface area contributed by atoms with E-state index >= 15 is 0 Å². The zero-order valence-corrected chi connectivity index (χ0v) is 17.0. The van der Waals surface area contributed by atoms with Crippen LogP contribution in [0.1, 0.15) is 19.8 Å². The summed E-state index contributed by atoms with van der Waals surface area (Å²) in [5.74, 6) is 0.342. The third-order valence-corrected chi connectivity index (χ3v) is 6.88. The minimum Gasteiger partial charge on any atom is -0.348 e. The van der Waals surface area contributed by atoms with Crippen molar-refractivity contribution in [1.29, 1.82) is 0 Å². The number of hydrogen-bond donors (Lipinski definition) is 1. The molecule has 1 aliphatic rings. The zero-order chi connectivity index (χ0) is 19.5. The number of nitrogens with one attached hydrogen (secondary N) is 1. The summed E-state index contributed by atoms with van der Waals surface area (Å²) < 4.78 is 14.1. The van der Waals surface area contributed by atoms with Crippen LogP contribution in [0.15, 0.2) is 35.6 Å². The normalized spacial score (nSPS) is 15.1. The molecular formula is C19H20FN5OS2. The van der Waals surface area contributed by atoms with Crippen molar-refractivity contribution in [1.82, 2.24) is 15.0 Å². The Bertz CT molecular complexity index is 987. The Hall–Kier alpha value is -2.26. The maximum Gasteiger partial charge on any atom is 0.234 e. The molecule has 146 valence electrons. The van der Waals surface area contributed by atoms with Crippen molar-refractivity contribution >= 4 is 50.2 Å². The Morgan fingerprint density at radius 3 is 2.96 bits per heavy atom. The van der Waals surface area contributed by atoms with E-state index in [9.17, 15) is 9.18 Å². The van der Waals surface area contributed by atoms with Crippen molar-refractivity contribution in [2.24, 2.45) is 5.92 Å². The number of anilines is 2. The first-order chi connectivity index (χ1) is 13.6. The van der Waals surface area contributed by atoms with Crippen LogP contribution < -0.4 is 10.2 Å². The van der Waals surface area contributed by atoms with Gasteiger partial charge in [0.05, 0.1) is 5.75 Å². The molecule has 3 aromatic rings. The molecular weight excluding hydrogens is 397 g/mol. The molecule has 0 radical (unpaired) electrons. The predicted octanol–water partition coefficient (Wildman–Crippen LogP) is 4.19. The average Bonchev–Trinajstić information content (AvgIpc) is 3.12. The third-order valence-electron chi connectivity index (χ3n) is 4.65. The van der Waals surface area contributed by atoms with Gasteiger partial charge in [-0.2, -0.15) is 4.98 Å². The van der Waals surface area contributed by atoms with Crippen molar-refractivity contribution in [3.63, 3.8) is 0 Å². The van der Waals surface area contributed by atoms with E-state index in [-0.39, 0.29) is 17.5 Å². The fourth-order valence-corrected chi connectivity index (χ4v) is 5.00. The highest BCUT2D eigenvalue weighted by Crippen LogP contribution is 2.35. The summed E-state index contributed by atoms with van der Waals surface area (Å²) in [5, 5.41) is 4.41. The van der Waals surface area contributed by atoms with E-state index < -0.39 is 0 Å². The van der Waals surface area contributed by atoms with Crippen LogP contribution >= 0.6 is 23.1 Å². The first kappa shape index (κ1) is 19.1. The molecule has 1 aliphatic heterocycles. The van der Waals surface area contributed by atoms with Gasteiger partial charge < -0.3 is 10.2 Å². The number of aromatic nitrogens is 3. The lowest BCUT2D eigenvalue weighted by Crippen LogP contribution is -2.32. The monoisotopic (exact) mass is 417 g/mol. The topological polar surface area (TPSA) is 71.0 Å². The minimum atomic E-state index is -0.382. The van der Waals surface area contributed by atoms with Crippen LogP contribution in [0.3, 0.4) is 0 Å². The van der Waals surface area contributed by atoms with Crippen LogP contribution in [0.2, 0.25) is 0 Å². The Kier molecular flexibility index (Phi) is 5.72. The molecule has 4 rings (SSSR count). The number of thioether (sulfide) groups is 1. The standard InChI is InChI=1S/C19H20FN5OS2/c1-12-5-7-25(8-6-12)19-24-17-16(28-19)18(22-11-21-17)27-10-15(26)23-14-4-2-3-13(20)9-14/h2-4,9,11-12H,5-8,10H2,1H3,(H,23,26). The molecule has 1 aromatic carbocycles. The number of carbonyl (C=O) groups excluding carboxylic acids is 1. The number of halogens is 1. The quantitative estimate of drug-likeness (QED) is 0.496. The van der Waals surface area contributed by atoms with Crippen LogP contribution in [0.25, 0.3) is 10.3 Å². The molecule has 2 aromatic heterocycles. The number of thiazole rings is 1. The Morgan fingerprint density at radius 2 is 2.18 bits per heavy atom. The van der Waals surface area contributed by atoms with Crippen molar-refractivity contribution in [2.45, 2.75) is 24.8 Å². The lowest BCUT2D eigenvalue weighted by molar-refractivity contribution is -0.113. The molecule has 1 saturated heterocycles. The fraction of sp³-hybridized carbons (Fsp3) is 0.368. The van der Waals surface area contributed by atoms with Gasteiger partial charge in [-0.25, -0.2) is 14.4 Å². The lowest BCUT2D eigenvalue weighted by Gasteiger charge is -2.29. The summed E-state index contributed by atoms with van der Waals surface area (Å²) in [7, 11) is 0. The molecule has 1 amide bonds. The first-order valence-corrected chi connectivity index (χ1v) is 10.9. The van der Waals surface area contributed by atoms with E-state index in [0.29, 0.717) is 11.3 Å².